The first-order chi connectivity index (χ1) is 11.0. The third kappa shape index (κ3) is 3.69. The lowest BCUT2D eigenvalue weighted by atomic mass is 10.2. The summed E-state index contributed by atoms with van der Waals surface area (Å²) in [6, 6.07) is 8.02. The maximum atomic E-state index is 10.8. The summed E-state index contributed by atoms with van der Waals surface area (Å²) in [6.45, 7) is 3.48. The SMILES string of the molecule is Cc1cc(CN2C[C@@H](O)[C@H](Oc3ccc(C(=O)O)cc3)C2)no1. The molecule has 23 heavy (non-hydrogen) atoms. The topological polar surface area (TPSA) is 96.0 Å². The number of hydrogen-bond donors (Lipinski definition) is 2. The summed E-state index contributed by atoms with van der Waals surface area (Å²) in [4.78, 5) is 12.9. The van der Waals surface area contributed by atoms with Gasteiger partial charge in [-0.2, -0.15) is 0 Å². The van der Waals surface area contributed by atoms with Crippen LogP contribution in [0.25, 0.3) is 0 Å². The Bertz CT molecular complexity index is 682. The molecule has 0 saturated carbocycles. The van der Waals surface area contributed by atoms with Crippen molar-refractivity contribution in [2.75, 3.05) is 13.1 Å². The Morgan fingerprint density at radius 1 is 1.39 bits per heavy atom. The van der Waals surface area contributed by atoms with Crippen LogP contribution >= 0.6 is 0 Å². The van der Waals surface area contributed by atoms with Crippen molar-refractivity contribution in [3.05, 3.63) is 47.3 Å². The van der Waals surface area contributed by atoms with Crippen LogP contribution in [-0.4, -0.2) is 51.5 Å². The Labute approximate surface area is 133 Å². The van der Waals surface area contributed by atoms with E-state index in [0.29, 0.717) is 25.4 Å². The summed E-state index contributed by atoms with van der Waals surface area (Å²) in [5, 5.41) is 23.0. The lowest BCUT2D eigenvalue weighted by Crippen LogP contribution is -2.29. The number of aromatic nitrogens is 1. The second-order valence-electron chi connectivity index (χ2n) is 5.68. The quantitative estimate of drug-likeness (QED) is 0.858. The molecule has 0 radical (unpaired) electrons. The van der Waals surface area contributed by atoms with Crippen molar-refractivity contribution < 1.29 is 24.3 Å². The molecule has 2 aromatic rings. The number of likely N-dealkylation sites (tertiary alicyclic amines) is 1. The first-order valence-electron chi connectivity index (χ1n) is 7.34. The third-order valence-corrected chi connectivity index (χ3v) is 3.76. The maximum Gasteiger partial charge on any atom is 0.335 e. The minimum atomic E-state index is -0.980. The summed E-state index contributed by atoms with van der Waals surface area (Å²) in [5.41, 5.74) is 1.02. The summed E-state index contributed by atoms with van der Waals surface area (Å²) < 4.78 is 10.8. The van der Waals surface area contributed by atoms with E-state index in [1.165, 1.54) is 12.1 Å². The Morgan fingerprint density at radius 3 is 2.74 bits per heavy atom. The van der Waals surface area contributed by atoms with Crippen LogP contribution in [0.1, 0.15) is 21.8 Å². The molecule has 7 heteroatoms. The van der Waals surface area contributed by atoms with E-state index in [-0.39, 0.29) is 11.7 Å². The van der Waals surface area contributed by atoms with E-state index in [9.17, 15) is 9.90 Å². The minimum Gasteiger partial charge on any atom is -0.486 e. The molecule has 7 nitrogen and oxygen atoms in total. The van der Waals surface area contributed by atoms with Gasteiger partial charge in [-0.15, -0.1) is 0 Å². The number of carboxylic acid groups (broad SMARTS) is 1. The molecule has 1 aromatic carbocycles. The van der Waals surface area contributed by atoms with Gasteiger partial charge < -0.3 is 19.5 Å². The molecular formula is C16H18N2O5. The average Bonchev–Trinajstić information content (AvgIpc) is 3.06. The van der Waals surface area contributed by atoms with E-state index in [1.54, 1.807) is 12.1 Å². The number of aromatic carboxylic acids is 1. The first kappa shape index (κ1) is 15.5. The van der Waals surface area contributed by atoms with Gasteiger partial charge in [0.1, 0.15) is 23.7 Å². The third-order valence-electron chi connectivity index (χ3n) is 3.76. The predicted molar refractivity (Wildman–Crippen MR) is 80.3 cm³/mol. The normalized spacial score (nSPS) is 21.5. The van der Waals surface area contributed by atoms with Crippen LogP contribution in [0.4, 0.5) is 0 Å². The lowest BCUT2D eigenvalue weighted by molar-refractivity contribution is 0.0693. The fourth-order valence-corrected chi connectivity index (χ4v) is 2.65. The van der Waals surface area contributed by atoms with Gasteiger partial charge in [0.25, 0.3) is 0 Å². The van der Waals surface area contributed by atoms with Gasteiger partial charge in [-0.3, -0.25) is 4.90 Å². The monoisotopic (exact) mass is 318 g/mol. The predicted octanol–water partition coefficient (Wildman–Crippen LogP) is 1.31. The molecule has 2 atom stereocenters. The number of rotatable bonds is 5. The molecular weight excluding hydrogens is 300 g/mol. The van der Waals surface area contributed by atoms with E-state index in [0.717, 1.165) is 11.5 Å². The van der Waals surface area contributed by atoms with Crippen molar-refractivity contribution in [2.45, 2.75) is 25.7 Å². The number of aliphatic hydroxyl groups excluding tert-OH is 1. The minimum absolute atomic E-state index is 0.201. The molecule has 1 fully saturated rings. The van der Waals surface area contributed by atoms with Crippen LogP contribution in [0, 0.1) is 6.92 Å². The van der Waals surface area contributed by atoms with Crippen LogP contribution in [0.2, 0.25) is 0 Å². The van der Waals surface area contributed by atoms with Crippen LogP contribution in [0.5, 0.6) is 5.75 Å². The first-order valence-corrected chi connectivity index (χ1v) is 7.34. The molecule has 0 bridgehead atoms. The zero-order valence-electron chi connectivity index (χ0n) is 12.7. The zero-order chi connectivity index (χ0) is 16.4. The lowest BCUT2D eigenvalue weighted by Gasteiger charge is -2.16. The van der Waals surface area contributed by atoms with E-state index < -0.39 is 12.1 Å². The Morgan fingerprint density at radius 2 is 2.13 bits per heavy atom. The standard InChI is InChI=1S/C16H18N2O5/c1-10-6-12(17-23-10)7-18-8-14(19)15(9-18)22-13-4-2-11(3-5-13)16(20)21/h2-6,14-15,19H,7-9H2,1H3,(H,20,21)/t14-,15-/m1/s1. The fraction of sp³-hybridized carbons (Fsp3) is 0.375. The Hall–Kier alpha value is -2.38. The van der Waals surface area contributed by atoms with Crippen LogP contribution < -0.4 is 4.74 Å². The highest BCUT2D eigenvalue weighted by Crippen LogP contribution is 2.21. The Balaban J connectivity index is 1.59. The molecule has 1 aliphatic rings. The molecule has 2 N–H and O–H groups in total. The average molecular weight is 318 g/mol. The number of nitrogens with zero attached hydrogens (tertiary/aromatic N) is 2. The molecule has 0 amide bonds. The molecule has 3 rings (SSSR count). The van der Waals surface area contributed by atoms with Crippen LogP contribution in [0.15, 0.2) is 34.9 Å². The van der Waals surface area contributed by atoms with Gasteiger partial charge in [0, 0.05) is 25.7 Å². The van der Waals surface area contributed by atoms with Crippen molar-refractivity contribution >= 4 is 5.97 Å². The summed E-state index contributed by atoms with van der Waals surface area (Å²) in [5.74, 6) is 0.316. The summed E-state index contributed by atoms with van der Waals surface area (Å²) in [7, 11) is 0. The van der Waals surface area contributed by atoms with E-state index in [2.05, 4.69) is 5.16 Å². The number of aliphatic hydroxyl groups is 1. The molecule has 0 spiro atoms. The highest BCUT2D eigenvalue weighted by atomic mass is 16.5. The Kier molecular flexibility index (Phi) is 4.31. The molecule has 0 aliphatic carbocycles. The van der Waals surface area contributed by atoms with Gasteiger partial charge in [-0.1, -0.05) is 5.16 Å². The molecule has 0 unspecified atom stereocenters. The number of benzene rings is 1. The van der Waals surface area contributed by atoms with Crippen molar-refractivity contribution in [1.82, 2.24) is 10.1 Å². The van der Waals surface area contributed by atoms with E-state index >= 15 is 0 Å². The van der Waals surface area contributed by atoms with Gasteiger partial charge in [0.05, 0.1) is 11.3 Å². The summed E-state index contributed by atoms with van der Waals surface area (Å²) >= 11 is 0. The number of carbonyl (C=O) groups is 1. The largest absolute Gasteiger partial charge is 0.486 e. The van der Waals surface area contributed by atoms with Crippen molar-refractivity contribution in [1.29, 1.82) is 0 Å². The second-order valence-corrected chi connectivity index (χ2v) is 5.68. The van der Waals surface area contributed by atoms with Crippen LogP contribution in [-0.2, 0) is 6.54 Å². The number of ether oxygens (including phenoxy) is 1. The van der Waals surface area contributed by atoms with Crippen molar-refractivity contribution in [3.8, 4) is 5.75 Å². The molecule has 1 aromatic heterocycles. The number of hydrogen-bond acceptors (Lipinski definition) is 6. The molecule has 1 saturated heterocycles. The molecule has 1 aliphatic heterocycles. The fourth-order valence-electron chi connectivity index (χ4n) is 2.65. The maximum absolute atomic E-state index is 10.8. The van der Waals surface area contributed by atoms with Gasteiger partial charge in [-0.05, 0) is 31.2 Å². The van der Waals surface area contributed by atoms with E-state index in [1.807, 2.05) is 17.9 Å². The van der Waals surface area contributed by atoms with Gasteiger partial charge in [0.2, 0.25) is 0 Å². The van der Waals surface area contributed by atoms with Crippen LogP contribution in [0.3, 0.4) is 0 Å². The van der Waals surface area contributed by atoms with Crippen molar-refractivity contribution in [2.24, 2.45) is 0 Å². The van der Waals surface area contributed by atoms with Crippen molar-refractivity contribution in [3.63, 3.8) is 0 Å². The number of aryl methyl sites for hydroxylation is 1. The highest BCUT2D eigenvalue weighted by Gasteiger charge is 2.33. The number of β-amino-alcohol motifs (C(OH)–C–C–N with tert-alkyl or cyclic N) is 1. The smallest absolute Gasteiger partial charge is 0.335 e. The van der Waals surface area contributed by atoms with E-state index in [4.69, 9.17) is 14.4 Å². The molecule has 2 heterocycles. The van der Waals surface area contributed by atoms with Gasteiger partial charge in [-0.25, -0.2) is 4.79 Å². The van der Waals surface area contributed by atoms with Gasteiger partial charge >= 0.3 is 5.97 Å². The highest BCUT2D eigenvalue weighted by molar-refractivity contribution is 5.87. The second kappa shape index (κ2) is 6.39. The summed E-state index contributed by atoms with van der Waals surface area (Å²) in [6.07, 6.45) is -0.971. The number of carboxylic acids is 1. The molecule has 122 valence electrons. The van der Waals surface area contributed by atoms with Gasteiger partial charge in [0.15, 0.2) is 0 Å². The zero-order valence-corrected chi connectivity index (χ0v) is 12.7.